The highest BCUT2D eigenvalue weighted by molar-refractivity contribution is 9.10. The summed E-state index contributed by atoms with van der Waals surface area (Å²) in [5.74, 6) is 0.347. The number of halogens is 4. The largest absolute Gasteiger partial charge is 0.381 e. The quantitative estimate of drug-likeness (QED) is 0.686. The van der Waals surface area contributed by atoms with E-state index in [1.807, 2.05) is 0 Å². The molecule has 0 aliphatic carbocycles. The van der Waals surface area contributed by atoms with Crippen molar-refractivity contribution in [3.63, 3.8) is 0 Å². The highest BCUT2D eigenvalue weighted by Gasteiger charge is 1.96. The summed E-state index contributed by atoms with van der Waals surface area (Å²) in [6.45, 7) is 0. The molecule has 2 aromatic heterocycles. The first-order chi connectivity index (χ1) is 8.40. The maximum atomic E-state index is 10.5. The molecular formula is C8H5Br2Cl2N5O. The van der Waals surface area contributed by atoms with E-state index in [9.17, 15) is 4.79 Å². The summed E-state index contributed by atoms with van der Waals surface area (Å²) >= 11 is 17.0. The lowest BCUT2D eigenvalue weighted by Crippen LogP contribution is -2.07. The lowest BCUT2D eigenvalue weighted by atomic mass is 10.5. The molecule has 2 aromatic rings. The van der Waals surface area contributed by atoms with Crippen molar-refractivity contribution < 1.29 is 0 Å². The average Bonchev–Trinajstić information content (AvgIpc) is 2.30. The van der Waals surface area contributed by atoms with Gasteiger partial charge < -0.3 is 5.73 Å². The van der Waals surface area contributed by atoms with Gasteiger partial charge in [0, 0.05) is 0 Å². The van der Waals surface area contributed by atoms with E-state index in [1.165, 1.54) is 6.07 Å². The van der Waals surface area contributed by atoms with Crippen molar-refractivity contribution in [1.29, 1.82) is 0 Å². The zero-order valence-electron chi connectivity index (χ0n) is 8.49. The lowest BCUT2D eigenvalue weighted by molar-refractivity contribution is 0.979. The standard InChI is InChI=1S/C4H3BrClN3.C4H2BrClN2O/c5-2-1-3(6)8-9-4(2)7;5-2-1-3(6)7-8-4(2)9/h1H,(H2,7,9);1H,(H,8,9). The highest BCUT2D eigenvalue weighted by atomic mass is 79.9. The van der Waals surface area contributed by atoms with E-state index >= 15 is 0 Å². The average molecular weight is 418 g/mol. The molecule has 0 aliphatic rings. The first kappa shape index (κ1) is 15.4. The molecule has 0 saturated carbocycles. The summed E-state index contributed by atoms with van der Waals surface area (Å²) in [6, 6.07) is 3.02. The Morgan fingerprint density at radius 2 is 1.72 bits per heavy atom. The van der Waals surface area contributed by atoms with Crippen LogP contribution >= 0.6 is 55.1 Å². The van der Waals surface area contributed by atoms with Crippen molar-refractivity contribution in [3.8, 4) is 0 Å². The van der Waals surface area contributed by atoms with Crippen molar-refractivity contribution in [2.75, 3.05) is 5.73 Å². The van der Waals surface area contributed by atoms with E-state index in [1.54, 1.807) is 6.07 Å². The van der Waals surface area contributed by atoms with Crippen molar-refractivity contribution in [3.05, 3.63) is 41.7 Å². The van der Waals surface area contributed by atoms with Crippen LogP contribution in [0.15, 0.2) is 25.9 Å². The van der Waals surface area contributed by atoms with Gasteiger partial charge in [0.1, 0.15) is 0 Å². The molecule has 0 aliphatic heterocycles. The molecule has 6 nitrogen and oxygen atoms in total. The van der Waals surface area contributed by atoms with Gasteiger partial charge in [0.25, 0.3) is 5.56 Å². The third-order valence-corrected chi connectivity index (χ3v) is 3.07. The number of aromatic nitrogens is 4. The maximum Gasteiger partial charge on any atom is 0.278 e. The Bertz CT molecular complexity index is 606. The first-order valence-corrected chi connectivity index (χ1v) is 6.59. The number of hydrogen-bond acceptors (Lipinski definition) is 5. The van der Waals surface area contributed by atoms with Gasteiger partial charge in [0.2, 0.25) is 0 Å². The summed E-state index contributed by atoms with van der Waals surface area (Å²) in [5.41, 5.74) is 5.03. The van der Waals surface area contributed by atoms with Gasteiger partial charge in [-0.15, -0.1) is 10.2 Å². The maximum absolute atomic E-state index is 10.5. The fourth-order valence-corrected chi connectivity index (χ4v) is 1.88. The minimum absolute atomic E-state index is 0.265. The predicted octanol–water partition coefficient (Wildman–Crippen LogP) is 2.66. The van der Waals surface area contributed by atoms with Crippen LogP contribution in [0.25, 0.3) is 0 Å². The molecule has 0 unspecified atom stereocenters. The minimum atomic E-state index is -0.278. The van der Waals surface area contributed by atoms with Crippen LogP contribution in [0.3, 0.4) is 0 Å². The Morgan fingerprint density at radius 3 is 2.17 bits per heavy atom. The molecule has 0 fully saturated rings. The van der Waals surface area contributed by atoms with Crippen LogP contribution < -0.4 is 11.3 Å². The van der Waals surface area contributed by atoms with Gasteiger partial charge in [0.05, 0.1) is 8.95 Å². The molecule has 18 heavy (non-hydrogen) atoms. The summed E-state index contributed by atoms with van der Waals surface area (Å²) in [5, 5.41) is 13.2. The summed E-state index contributed by atoms with van der Waals surface area (Å²) in [6.07, 6.45) is 0. The number of H-pyrrole nitrogens is 1. The lowest BCUT2D eigenvalue weighted by Gasteiger charge is -1.92. The molecule has 0 radical (unpaired) electrons. The molecule has 0 amide bonds. The zero-order chi connectivity index (χ0) is 13.7. The number of nitrogens with one attached hydrogen (secondary N) is 1. The molecule has 0 saturated heterocycles. The third kappa shape index (κ3) is 4.89. The van der Waals surface area contributed by atoms with Gasteiger partial charge in [0.15, 0.2) is 16.1 Å². The topological polar surface area (TPSA) is 97.5 Å². The monoisotopic (exact) mass is 415 g/mol. The van der Waals surface area contributed by atoms with Gasteiger partial charge in [-0.2, -0.15) is 5.10 Å². The van der Waals surface area contributed by atoms with Gasteiger partial charge in [-0.25, -0.2) is 5.10 Å². The Morgan fingerprint density at radius 1 is 1.11 bits per heavy atom. The van der Waals surface area contributed by atoms with E-state index in [4.69, 9.17) is 28.9 Å². The second kappa shape index (κ2) is 7.03. The van der Waals surface area contributed by atoms with Gasteiger partial charge in [-0.3, -0.25) is 4.79 Å². The second-order valence-corrected chi connectivity index (χ2v) is 5.25. The highest BCUT2D eigenvalue weighted by Crippen LogP contribution is 2.17. The van der Waals surface area contributed by atoms with Gasteiger partial charge in [-0.05, 0) is 44.0 Å². The molecular weight excluding hydrogens is 413 g/mol. The van der Waals surface area contributed by atoms with E-state index in [0.717, 1.165) is 0 Å². The Kier molecular flexibility index (Phi) is 6.00. The Hall–Kier alpha value is -0.700. The predicted molar refractivity (Wildman–Crippen MR) is 76.7 cm³/mol. The van der Waals surface area contributed by atoms with Gasteiger partial charge in [-0.1, -0.05) is 23.2 Å². The van der Waals surface area contributed by atoms with Crippen molar-refractivity contribution in [1.82, 2.24) is 20.4 Å². The fourth-order valence-electron chi connectivity index (χ4n) is 0.717. The molecule has 96 valence electrons. The van der Waals surface area contributed by atoms with Crippen molar-refractivity contribution >= 4 is 60.9 Å². The van der Waals surface area contributed by atoms with Crippen LogP contribution in [0.5, 0.6) is 0 Å². The molecule has 3 N–H and O–H groups in total. The molecule has 2 rings (SSSR count). The van der Waals surface area contributed by atoms with E-state index in [0.29, 0.717) is 19.9 Å². The summed E-state index contributed by atoms with van der Waals surface area (Å²) < 4.78 is 1.06. The number of nitrogen functional groups attached to an aromatic ring is 1. The van der Waals surface area contributed by atoms with Crippen LogP contribution in [-0.4, -0.2) is 20.4 Å². The third-order valence-electron chi connectivity index (χ3n) is 1.47. The number of hydrogen-bond donors (Lipinski definition) is 2. The molecule has 0 atom stereocenters. The normalized spacial score (nSPS) is 9.56. The van der Waals surface area contributed by atoms with Crippen molar-refractivity contribution in [2.24, 2.45) is 0 Å². The van der Waals surface area contributed by atoms with Crippen LogP contribution in [0.2, 0.25) is 10.3 Å². The molecule has 0 aromatic carbocycles. The number of rotatable bonds is 0. The first-order valence-electron chi connectivity index (χ1n) is 4.25. The van der Waals surface area contributed by atoms with Crippen LogP contribution in [-0.2, 0) is 0 Å². The summed E-state index contributed by atoms with van der Waals surface area (Å²) in [7, 11) is 0. The Balaban J connectivity index is 0.000000180. The second-order valence-electron chi connectivity index (χ2n) is 2.77. The van der Waals surface area contributed by atoms with E-state index in [2.05, 4.69) is 52.3 Å². The molecule has 0 spiro atoms. The van der Waals surface area contributed by atoms with Crippen molar-refractivity contribution in [2.45, 2.75) is 0 Å². The van der Waals surface area contributed by atoms with E-state index < -0.39 is 0 Å². The number of nitrogens with zero attached hydrogens (tertiary/aromatic N) is 3. The minimum Gasteiger partial charge on any atom is -0.381 e. The van der Waals surface area contributed by atoms with Gasteiger partial charge >= 0.3 is 0 Å². The molecule has 10 heteroatoms. The van der Waals surface area contributed by atoms with Crippen LogP contribution in [0.4, 0.5) is 5.82 Å². The number of aromatic amines is 1. The Labute approximate surface area is 128 Å². The molecule has 2 heterocycles. The van der Waals surface area contributed by atoms with Crippen LogP contribution in [0, 0.1) is 0 Å². The zero-order valence-corrected chi connectivity index (χ0v) is 13.2. The SMILES string of the molecule is Nc1nnc(Cl)cc1Br.O=c1[nH]nc(Cl)cc1Br. The molecule has 0 bridgehead atoms. The summed E-state index contributed by atoms with van der Waals surface area (Å²) in [4.78, 5) is 10.5. The van der Waals surface area contributed by atoms with E-state index in [-0.39, 0.29) is 10.7 Å². The van der Waals surface area contributed by atoms with Crippen LogP contribution in [0.1, 0.15) is 0 Å². The smallest absolute Gasteiger partial charge is 0.278 e. The fraction of sp³-hybridized carbons (Fsp3) is 0. The number of nitrogens with two attached hydrogens (primary N) is 1. The number of anilines is 1.